The van der Waals surface area contributed by atoms with Gasteiger partial charge in [0.1, 0.15) is 11.2 Å². The van der Waals surface area contributed by atoms with Crippen molar-refractivity contribution in [1.82, 2.24) is 4.98 Å². The van der Waals surface area contributed by atoms with Crippen molar-refractivity contribution < 1.29 is 4.42 Å². The van der Waals surface area contributed by atoms with Gasteiger partial charge in [-0.1, -0.05) is 44.2 Å². The van der Waals surface area contributed by atoms with Gasteiger partial charge in [0.05, 0.1) is 5.69 Å². The molecule has 0 saturated carbocycles. The van der Waals surface area contributed by atoms with Crippen molar-refractivity contribution in [2.75, 3.05) is 0 Å². The summed E-state index contributed by atoms with van der Waals surface area (Å²) in [6.07, 6.45) is 2.00. The van der Waals surface area contributed by atoms with E-state index < -0.39 is 0 Å². The Morgan fingerprint density at radius 1 is 0.957 bits per heavy atom. The second-order valence-electron chi connectivity index (χ2n) is 6.36. The molecule has 0 fully saturated rings. The van der Waals surface area contributed by atoms with Crippen LogP contribution >= 0.6 is 0 Å². The van der Waals surface area contributed by atoms with Gasteiger partial charge in [0.15, 0.2) is 0 Å². The molecule has 0 N–H and O–H groups in total. The Bertz CT molecular complexity index is 1010. The molecule has 0 saturated heterocycles. The molecule has 114 valence electrons. The van der Waals surface area contributed by atoms with Crippen LogP contribution in [0.25, 0.3) is 33.2 Å². The zero-order valence-corrected chi connectivity index (χ0v) is 13.6. The smallest absolute Gasteiger partial charge is 0.144 e. The maximum Gasteiger partial charge on any atom is 0.144 e. The van der Waals surface area contributed by atoms with Crippen LogP contribution in [0.5, 0.6) is 0 Å². The number of aryl methyl sites for hydroxylation is 1. The topological polar surface area (TPSA) is 26.0 Å². The van der Waals surface area contributed by atoms with Gasteiger partial charge in [-0.25, -0.2) is 0 Å². The number of hydrogen-bond donors (Lipinski definition) is 0. The van der Waals surface area contributed by atoms with Crippen molar-refractivity contribution in [3.8, 4) is 11.3 Å². The van der Waals surface area contributed by atoms with Gasteiger partial charge in [-0.15, -0.1) is 0 Å². The molecule has 2 heteroatoms. The van der Waals surface area contributed by atoms with Crippen molar-refractivity contribution in [2.24, 2.45) is 0 Å². The number of rotatable bonds is 2. The summed E-state index contributed by atoms with van der Waals surface area (Å²) in [5.41, 5.74) is 6.43. The highest BCUT2D eigenvalue weighted by molar-refractivity contribution is 6.09. The Labute approximate surface area is 135 Å². The molecule has 0 aliphatic carbocycles. The van der Waals surface area contributed by atoms with Crippen LogP contribution in [-0.2, 0) is 0 Å². The number of nitrogens with zero attached hydrogens (tertiary/aromatic N) is 1. The fourth-order valence-corrected chi connectivity index (χ4v) is 3.27. The average Bonchev–Trinajstić information content (AvgIpc) is 2.93. The summed E-state index contributed by atoms with van der Waals surface area (Å²) >= 11 is 0. The summed E-state index contributed by atoms with van der Waals surface area (Å²) in [4.78, 5) is 4.69. The minimum absolute atomic E-state index is 0.485. The van der Waals surface area contributed by atoms with Gasteiger partial charge in [-0.05, 0) is 42.2 Å². The monoisotopic (exact) mass is 301 g/mol. The maximum atomic E-state index is 6.12. The van der Waals surface area contributed by atoms with E-state index in [0.29, 0.717) is 5.92 Å². The van der Waals surface area contributed by atoms with Crippen LogP contribution in [0.2, 0.25) is 0 Å². The van der Waals surface area contributed by atoms with E-state index in [1.54, 1.807) is 0 Å². The molecule has 0 atom stereocenters. The first-order chi connectivity index (χ1) is 11.1. The molecule has 2 aromatic heterocycles. The third-order valence-corrected chi connectivity index (χ3v) is 4.45. The molecule has 4 aromatic rings. The van der Waals surface area contributed by atoms with Gasteiger partial charge in [0.25, 0.3) is 0 Å². The molecule has 0 spiro atoms. The van der Waals surface area contributed by atoms with E-state index in [0.717, 1.165) is 33.2 Å². The zero-order valence-electron chi connectivity index (χ0n) is 13.6. The highest BCUT2D eigenvalue weighted by Gasteiger charge is 2.13. The van der Waals surface area contributed by atoms with E-state index >= 15 is 0 Å². The molecule has 0 aliphatic rings. The molecule has 0 aliphatic heterocycles. The Kier molecular flexibility index (Phi) is 3.19. The van der Waals surface area contributed by atoms with Crippen LogP contribution < -0.4 is 0 Å². The number of benzene rings is 2. The minimum Gasteiger partial charge on any atom is -0.455 e. The second-order valence-corrected chi connectivity index (χ2v) is 6.36. The van der Waals surface area contributed by atoms with Gasteiger partial charge in [0, 0.05) is 22.5 Å². The first-order valence-electron chi connectivity index (χ1n) is 8.02. The van der Waals surface area contributed by atoms with Crippen molar-refractivity contribution in [3.05, 3.63) is 65.9 Å². The lowest BCUT2D eigenvalue weighted by atomic mass is 9.98. The molecule has 0 bridgehead atoms. The Morgan fingerprint density at radius 2 is 1.74 bits per heavy atom. The zero-order chi connectivity index (χ0) is 16.0. The van der Waals surface area contributed by atoms with Gasteiger partial charge in [-0.2, -0.15) is 0 Å². The van der Waals surface area contributed by atoms with E-state index in [2.05, 4.69) is 51.1 Å². The third kappa shape index (κ3) is 2.22. The number of hydrogen-bond acceptors (Lipinski definition) is 2. The predicted molar refractivity (Wildman–Crippen MR) is 95.8 cm³/mol. The minimum atomic E-state index is 0.485. The number of para-hydroxylation sites is 2. The molecular weight excluding hydrogens is 282 g/mol. The number of aromatic nitrogens is 1. The van der Waals surface area contributed by atoms with Crippen molar-refractivity contribution in [2.45, 2.75) is 26.7 Å². The Balaban J connectivity index is 1.97. The van der Waals surface area contributed by atoms with Crippen molar-refractivity contribution in [1.29, 1.82) is 0 Å². The van der Waals surface area contributed by atoms with E-state index in [1.165, 1.54) is 11.1 Å². The van der Waals surface area contributed by atoms with Crippen LogP contribution in [0.4, 0.5) is 0 Å². The summed E-state index contributed by atoms with van der Waals surface area (Å²) in [6.45, 7) is 6.55. The van der Waals surface area contributed by atoms with E-state index in [9.17, 15) is 0 Å². The average molecular weight is 301 g/mol. The molecule has 2 nitrogen and oxygen atoms in total. The fourth-order valence-electron chi connectivity index (χ4n) is 3.27. The lowest BCUT2D eigenvalue weighted by Gasteiger charge is -2.11. The van der Waals surface area contributed by atoms with Crippen LogP contribution in [0.3, 0.4) is 0 Å². The predicted octanol–water partition coefficient (Wildman–Crippen LogP) is 6.08. The fraction of sp³-hybridized carbons (Fsp3) is 0.190. The van der Waals surface area contributed by atoms with E-state index in [4.69, 9.17) is 9.40 Å². The van der Waals surface area contributed by atoms with E-state index in [-0.39, 0.29) is 0 Å². The first kappa shape index (κ1) is 14.0. The Hall–Kier alpha value is -2.61. The van der Waals surface area contributed by atoms with E-state index in [1.807, 2.05) is 24.4 Å². The molecule has 0 unspecified atom stereocenters. The highest BCUT2D eigenvalue weighted by Crippen LogP contribution is 2.35. The van der Waals surface area contributed by atoms with Crippen LogP contribution in [0.1, 0.15) is 30.9 Å². The summed E-state index contributed by atoms with van der Waals surface area (Å²) in [5.74, 6) is 0.485. The highest BCUT2D eigenvalue weighted by atomic mass is 16.3. The summed E-state index contributed by atoms with van der Waals surface area (Å²) < 4.78 is 6.12. The largest absolute Gasteiger partial charge is 0.455 e. The summed E-state index contributed by atoms with van der Waals surface area (Å²) in [5, 5.41) is 2.30. The molecule has 0 amide bonds. The van der Waals surface area contributed by atoms with Gasteiger partial charge in [-0.3, -0.25) is 4.98 Å². The standard InChI is InChI=1S/C21H19NO/c1-13(2)18-12-22-19(11-14(18)3)17-9-6-8-16-15-7-4-5-10-20(15)23-21(16)17/h4-13H,1-3H3. The van der Waals surface area contributed by atoms with Crippen LogP contribution in [0.15, 0.2) is 59.1 Å². The summed E-state index contributed by atoms with van der Waals surface area (Å²) in [6, 6.07) is 16.6. The lowest BCUT2D eigenvalue weighted by molar-refractivity contribution is 0.670. The Morgan fingerprint density at radius 3 is 2.52 bits per heavy atom. The van der Waals surface area contributed by atoms with Crippen LogP contribution in [0, 0.1) is 6.92 Å². The summed E-state index contributed by atoms with van der Waals surface area (Å²) in [7, 11) is 0. The van der Waals surface area contributed by atoms with Crippen LogP contribution in [-0.4, -0.2) is 4.98 Å². The van der Waals surface area contributed by atoms with Crippen molar-refractivity contribution >= 4 is 21.9 Å². The SMILES string of the molecule is Cc1cc(-c2cccc3c2oc2ccccc23)ncc1C(C)C. The second kappa shape index (κ2) is 5.24. The van der Waals surface area contributed by atoms with Gasteiger partial charge < -0.3 is 4.42 Å². The molecule has 0 radical (unpaired) electrons. The normalized spacial score (nSPS) is 11.7. The molecule has 4 rings (SSSR count). The number of fused-ring (bicyclic) bond motifs is 3. The first-order valence-corrected chi connectivity index (χ1v) is 8.02. The third-order valence-electron chi connectivity index (χ3n) is 4.45. The van der Waals surface area contributed by atoms with Gasteiger partial charge >= 0.3 is 0 Å². The number of furan rings is 1. The number of pyridine rings is 1. The molecule has 23 heavy (non-hydrogen) atoms. The van der Waals surface area contributed by atoms with Crippen molar-refractivity contribution in [3.63, 3.8) is 0 Å². The van der Waals surface area contributed by atoms with Gasteiger partial charge in [0.2, 0.25) is 0 Å². The molecular formula is C21H19NO. The maximum absolute atomic E-state index is 6.12. The quantitative estimate of drug-likeness (QED) is 0.448. The molecule has 2 heterocycles. The molecule has 2 aromatic carbocycles. The lowest BCUT2D eigenvalue weighted by Crippen LogP contribution is -1.95.